The second-order valence-electron chi connectivity index (χ2n) is 11.7. The molecule has 0 saturated carbocycles. The molecule has 3 aromatic rings. The number of esters is 1. The van der Waals surface area contributed by atoms with Gasteiger partial charge in [-0.3, -0.25) is 9.69 Å². The lowest BCUT2D eigenvalue weighted by molar-refractivity contribution is -0.903. The summed E-state index contributed by atoms with van der Waals surface area (Å²) >= 11 is 0. The highest BCUT2D eigenvalue weighted by atomic mass is 19.4. The van der Waals surface area contributed by atoms with Gasteiger partial charge in [-0.1, -0.05) is 12.1 Å². The molecule has 11 nitrogen and oxygen atoms in total. The molecule has 14 heteroatoms. The number of nitrogens with one attached hydrogen (secondary N) is 1. The fourth-order valence-corrected chi connectivity index (χ4v) is 5.58. The fourth-order valence-electron chi connectivity index (χ4n) is 5.58. The van der Waals surface area contributed by atoms with Crippen molar-refractivity contribution in [1.29, 1.82) is 5.26 Å². The van der Waals surface area contributed by atoms with Crippen molar-refractivity contribution in [2.75, 3.05) is 46.7 Å². The summed E-state index contributed by atoms with van der Waals surface area (Å²) in [7, 11) is 8.51. The number of ether oxygens (including phenoxy) is 1. The summed E-state index contributed by atoms with van der Waals surface area (Å²) in [4.78, 5) is 41.8. The number of carbonyl (C=O) groups excluding carboxylic acids is 2. The van der Waals surface area contributed by atoms with Gasteiger partial charge in [-0.25, -0.2) is 19.3 Å². The van der Waals surface area contributed by atoms with Gasteiger partial charge in [0.2, 0.25) is 11.9 Å². The summed E-state index contributed by atoms with van der Waals surface area (Å²) in [5, 5.41) is 16.2. The SMILES string of the molecule is COC(=O)C1=C(C)N(c2cccc(C(F)(F)F)c2)c2n[nH]c(=O)n2C1c1ccc(C#N)cc1C[N+](C)(C)CCCC(=O)N(C)C. The van der Waals surface area contributed by atoms with Crippen molar-refractivity contribution in [3.8, 4) is 6.07 Å². The molecule has 0 bridgehead atoms. The van der Waals surface area contributed by atoms with Crippen molar-refractivity contribution in [1.82, 2.24) is 19.7 Å². The van der Waals surface area contributed by atoms with Gasteiger partial charge in [0.05, 0.1) is 50.5 Å². The zero-order valence-electron chi connectivity index (χ0n) is 25.9. The molecule has 1 atom stereocenters. The van der Waals surface area contributed by atoms with Crippen LogP contribution in [0.4, 0.5) is 24.8 Å². The molecule has 0 saturated heterocycles. The van der Waals surface area contributed by atoms with Gasteiger partial charge in [-0.15, -0.1) is 5.10 Å². The monoisotopic (exact) mass is 626 g/mol. The molecule has 0 spiro atoms. The Morgan fingerprint density at radius 1 is 1.18 bits per heavy atom. The van der Waals surface area contributed by atoms with Crippen molar-refractivity contribution >= 4 is 23.5 Å². The van der Waals surface area contributed by atoms with Gasteiger partial charge in [0.25, 0.3) is 0 Å². The lowest BCUT2D eigenvalue weighted by Crippen LogP contribution is -2.41. The van der Waals surface area contributed by atoms with E-state index in [2.05, 4.69) is 16.3 Å². The maximum absolute atomic E-state index is 13.6. The minimum absolute atomic E-state index is 0.00453. The van der Waals surface area contributed by atoms with E-state index >= 15 is 0 Å². The standard InChI is InChI=1S/C31H34F3N7O4/c1-19-26(28(43)45-6)27(40-29(36-37-30(40)44)39(19)23-10-7-9-22(16-23)31(32,33)34)24-13-12-20(17-35)15-21(24)18-41(4,5)14-8-11-25(42)38(2)3/h7,9-10,12-13,15-16,27H,8,11,14,18H2,1-6H3/p+1. The number of fused-ring (bicyclic) bond motifs is 1. The van der Waals surface area contributed by atoms with Crippen molar-refractivity contribution in [3.05, 3.63) is 86.5 Å². The summed E-state index contributed by atoms with van der Waals surface area (Å²) in [6.45, 7) is 2.52. The van der Waals surface area contributed by atoms with Crippen LogP contribution in [0.2, 0.25) is 0 Å². The quantitative estimate of drug-likeness (QED) is 0.280. The second-order valence-corrected chi connectivity index (χ2v) is 11.7. The van der Waals surface area contributed by atoms with Crippen molar-refractivity contribution in [2.45, 2.75) is 38.5 Å². The Balaban J connectivity index is 1.89. The number of alkyl halides is 3. The number of allylic oxidation sites excluding steroid dienone is 1. The number of hydrogen-bond donors (Lipinski definition) is 1. The Bertz CT molecular complexity index is 1750. The van der Waals surface area contributed by atoms with E-state index in [4.69, 9.17) is 4.74 Å². The molecule has 1 N–H and O–H groups in total. The highest BCUT2D eigenvalue weighted by Gasteiger charge is 2.41. The third-order valence-corrected chi connectivity index (χ3v) is 7.80. The molecule has 45 heavy (non-hydrogen) atoms. The van der Waals surface area contributed by atoms with Crippen LogP contribution in [-0.2, 0) is 27.0 Å². The first-order chi connectivity index (χ1) is 21.1. The van der Waals surface area contributed by atoms with Crippen LogP contribution in [0.25, 0.3) is 0 Å². The largest absolute Gasteiger partial charge is 0.466 e. The summed E-state index contributed by atoms with van der Waals surface area (Å²) in [5.41, 5.74) is 0.169. The third-order valence-electron chi connectivity index (χ3n) is 7.80. The summed E-state index contributed by atoms with van der Waals surface area (Å²) < 4.78 is 47.7. The summed E-state index contributed by atoms with van der Waals surface area (Å²) in [6.07, 6.45) is -3.68. The van der Waals surface area contributed by atoms with Gasteiger partial charge >= 0.3 is 17.8 Å². The van der Waals surface area contributed by atoms with Gasteiger partial charge in [-0.2, -0.15) is 18.4 Å². The smallest absolute Gasteiger partial charge is 0.416 e. The van der Waals surface area contributed by atoms with E-state index in [-0.39, 0.29) is 28.8 Å². The van der Waals surface area contributed by atoms with E-state index in [1.54, 1.807) is 39.2 Å². The maximum atomic E-state index is 13.6. The lowest BCUT2D eigenvalue weighted by Gasteiger charge is -2.37. The minimum Gasteiger partial charge on any atom is -0.466 e. The van der Waals surface area contributed by atoms with Crippen LogP contribution < -0.4 is 10.6 Å². The first-order valence-corrected chi connectivity index (χ1v) is 14.1. The normalized spacial score (nSPS) is 15.0. The van der Waals surface area contributed by atoms with E-state index in [1.807, 2.05) is 14.1 Å². The molecule has 0 aliphatic carbocycles. The molecular formula is C31H35F3N7O4+. The highest BCUT2D eigenvalue weighted by molar-refractivity contribution is 5.93. The van der Waals surface area contributed by atoms with Gasteiger partial charge in [0.15, 0.2) is 0 Å². The Morgan fingerprint density at radius 2 is 1.89 bits per heavy atom. The number of rotatable bonds is 9. The number of halogens is 3. The van der Waals surface area contributed by atoms with Crippen LogP contribution in [0.3, 0.4) is 0 Å². The maximum Gasteiger partial charge on any atom is 0.416 e. The summed E-state index contributed by atoms with van der Waals surface area (Å²) in [6, 6.07) is 10.5. The third kappa shape index (κ3) is 6.78. The molecule has 1 aromatic heterocycles. The van der Waals surface area contributed by atoms with Crippen LogP contribution in [0.1, 0.15) is 48.1 Å². The molecule has 1 amide bonds. The predicted molar refractivity (Wildman–Crippen MR) is 159 cm³/mol. The number of benzene rings is 2. The van der Waals surface area contributed by atoms with E-state index in [1.165, 1.54) is 33.6 Å². The number of amides is 1. The lowest BCUT2D eigenvalue weighted by atomic mass is 9.89. The van der Waals surface area contributed by atoms with E-state index in [0.717, 1.165) is 12.1 Å². The van der Waals surface area contributed by atoms with Gasteiger partial charge in [-0.05, 0) is 42.8 Å². The second kappa shape index (κ2) is 12.6. The van der Waals surface area contributed by atoms with Crippen LogP contribution in [0.15, 0.2) is 58.5 Å². The number of quaternary nitrogens is 1. The van der Waals surface area contributed by atoms with Crippen molar-refractivity contribution in [3.63, 3.8) is 0 Å². The molecule has 1 unspecified atom stereocenters. The average Bonchev–Trinajstić information content (AvgIpc) is 3.35. The van der Waals surface area contributed by atoms with Gasteiger partial charge < -0.3 is 14.1 Å². The van der Waals surface area contributed by atoms with Crippen molar-refractivity contribution in [2.24, 2.45) is 0 Å². The predicted octanol–water partition coefficient (Wildman–Crippen LogP) is 4.09. The van der Waals surface area contributed by atoms with E-state index in [9.17, 15) is 32.8 Å². The average molecular weight is 627 g/mol. The Morgan fingerprint density at radius 3 is 2.51 bits per heavy atom. The van der Waals surface area contributed by atoms with Crippen LogP contribution in [-0.4, -0.2) is 77.9 Å². The number of nitriles is 1. The van der Waals surface area contributed by atoms with Gasteiger partial charge in [0.1, 0.15) is 12.6 Å². The summed E-state index contributed by atoms with van der Waals surface area (Å²) in [5.74, 6) is -0.815. The Labute approximate surface area is 258 Å². The Hall–Kier alpha value is -4.90. The zero-order valence-corrected chi connectivity index (χ0v) is 25.9. The van der Waals surface area contributed by atoms with Crippen LogP contribution in [0.5, 0.6) is 0 Å². The van der Waals surface area contributed by atoms with Gasteiger partial charge in [0, 0.05) is 43.9 Å². The van der Waals surface area contributed by atoms with Crippen LogP contribution >= 0.6 is 0 Å². The number of aromatic amines is 1. The number of methoxy groups -OCH3 is 1. The Kier molecular flexibility index (Phi) is 9.25. The molecule has 4 rings (SSSR count). The molecule has 238 valence electrons. The fraction of sp³-hybridized carbons (Fsp3) is 0.387. The topological polar surface area (TPSA) is 124 Å². The molecule has 2 aromatic carbocycles. The van der Waals surface area contributed by atoms with Crippen molar-refractivity contribution < 1.29 is 32.0 Å². The molecule has 0 radical (unpaired) electrons. The molecular weight excluding hydrogens is 591 g/mol. The number of anilines is 2. The van der Waals surface area contributed by atoms with E-state index < -0.39 is 29.4 Å². The number of hydrogen-bond acceptors (Lipinski definition) is 7. The first kappa shape index (κ1) is 33.0. The number of carbonyl (C=O) groups is 2. The van der Waals surface area contributed by atoms with E-state index in [0.29, 0.717) is 47.1 Å². The minimum atomic E-state index is -4.63. The zero-order chi connectivity index (χ0) is 33.3. The molecule has 2 heterocycles. The first-order valence-electron chi connectivity index (χ1n) is 14.1. The molecule has 1 aliphatic heterocycles. The number of aromatic nitrogens is 3. The van der Waals surface area contributed by atoms with Crippen LogP contribution in [0, 0.1) is 11.3 Å². The molecule has 1 aliphatic rings. The highest BCUT2D eigenvalue weighted by Crippen LogP contribution is 2.43. The number of nitrogens with zero attached hydrogens (tertiary/aromatic N) is 6. The molecule has 0 fully saturated rings. The number of H-pyrrole nitrogens is 1.